The molecule has 14 heavy (non-hydrogen) atoms. The summed E-state index contributed by atoms with van der Waals surface area (Å²) < 4.78 is 0. The van der Waals surface area contributed by atoms with Crippen LogP contribution in [0.3, 0.4) is 0 Å². The molecule has 1 aromatic carbocycles. The first kappa shape index (κ1) is 9.38. The Hall–Kier alpha value is -1.18. The van der Waals surface area contributed by atoms with Crippen molar-refractivity contribution in [3.05, 3.63) is 23.3 Å². The average molecular weight is 190 g/mol. The SMILES string of the molecule is CN(C)c1ccc(N)c2c1CCCC2. The summed E-state index contributed by atoms with van der Waals surface area (Å²) in [6.45, 7) is 0. The molecule has 2 rings (SSSR count). The molecular formula is C12H18N2. The molecule has 2 heteroatoms. The number of fused-ring (bicyclic) bond motifs is 1. The van der Waals surface area contributed by atoms with Crippen molar-refractivity contribution in [1.29, 1.82) is 0 Å². The van der Waals surface area contributed by atoms with Gasteiger partial charge in [-0.2, -0.15) is 0 Å². The summed E-state index contributed by atoms with van der Waals surface area (Å²) in [5, 5.41) is 0. The van der Waals surface area contributed by atoms with E-state index in [1.54, 1.807) is 0 Å². The van der Waals surface area contributed by atoms with Crippen LogP contribution in [0.1, 0.15) is 24.0 Å². The maximum absolute atomic E-state index is 5.99. The fraction of sp³-hybridized carbons (Fsp3) is 0.500. The van der Waals surface area contributed by atoms with Crippen LogP contribution < -0.4 is 10.6 Å². The zero-order valence-corrected chi connectivity index (χ0v) is 9.01. The summed E-state index contributed by atoms with van der Waals surface area (Å²) in [4.78, 5) is 2.18. The van der Waals surface area contributed by atoms with Crippen LogP contribution in [0.5, 0.6) is 0 Å². The first-order chi connectivity index (χ1) is 6.70. The van der Waals surface area contributed by atoms with Gasteiger partial charge in [-0.3, -0.25) is 0 Å². The van der Waals surface area contributed by atoms with Gasteiger partial charge in [0.05, 0.1) is 0 Å². The predicted octanol–water partition coefficient (Wildman–Crippen LogP) is 2.21. The number of hydrogen-bond acceptors (Lipinski definition) is 2. The van der Waals surface area contributed by atoms with Crippen molar-refractivity contribution < 1.29 is 0 Å². The van der Waals surface area contributed by atoms with Gasteiger partial charge in [0.25, 0.3) is 0 Å². The van der Waals surface area contributed by atoms with E-state index in [-0.39, 0.29) is 0 Å². The standard InChI is InChI=1S/C12H18N2/c1-14(2)12-8-7-11(13)9-5-3-4-6-10(9)12/h7-8H,3-6,13H2,1-2H3. The third-order valence-electron chi connectivity index (χ3n) is 3.03. The number of nitrogens with zero attached hydrogens (tertiary/aromatic N) is 1. The third kappa shape index (κ3) is 1.45. The highest BCUT2D eigenvalue weighted by Crippen LogP contribution is 2.33. The number of rotatable bonds is 1. The van der Waals surface area contributed by atoms with Gasteiger partial charge in [-0.25, -0.2) is 0 Å². The fourth-order valence-corrected chi connectivity index (χ4v) is 2.30. The fourth-order valence-electron chi connectivity index (χ4n) is 2.30. The van der Waals surface area contributed by atoms with Crippen LogP contribution in [-0.4, -0.2) is 14.1 Å². The molecule has 0 unspecified atom stereocenters. The molecule has 0 saturated heterocycles. The Morgan fingerprint density at radius 3 is 2.36 bits per heavy atom. The van der Waals surface area contributed by atoms with E-state index in [9.17, 15) is 0 Å². The zero-order valence-electron chi connectivity index (χ0n) is 9.01. The molecule has 0 aromatic heterocycles. The van der Waals surface area contributed by atoms with E-state index in [1.807, 2.05) is 6.07 Å². The Labute approximate surface area is 85.7 Å². The molecule has 2 nitrogen and oxygen atoms in total. The van der Waals surface area contributed by atoms with Crippen molar-refractivity contribution >= 4 is 11.4 Å². The van der Waals surface area contributed by atoms with Gasteiger partial charge >= 0.3 is 0 Å². The summed E-state index contributed by atoms with van der Waals surface area (Å²) in [5.41, 5.74) is 11.2. The molecule has 0 amide bonds. The highest BCUT2D eigenvalue weighted by molar-refractivity contribution is 5.65. The largest absolute Gasteiger partial charge is 0.398 e. The lowest BCUT2D eigenvalue weighted by molar-refractivity contribution is 0.686. The van der Waals surface area contributed by atoms with Crippen molar-refractivity contribution in [1.82, 2.24) is 0 Å². The highest BCUT2D eigenvalue weighted by Gasteiger charge is 2.16. The minimum atomic E-state index is 0.977. The first-order valence-corrected chi connectivity index (χ1v) is 5.27. The monoisotopic (exact) mass is 190 g/mol. The van der Waals surface area contributed by atoms with Gasteiger partial charge in [0, 0.05) is 25.5 Å². The Kier molecular flexibility index (Phi) is 2.36. The van der Waals surface area contributed by atoms with Gasteiger partial charge < -0.3 is 10.6 Å². The van der Waals surface area contributed by atoms with Crippen molar-refractivity contribution in [2.24, 2.45) is 0 Å². The number of nitrogen functional groups attached to an aromatic ring is 1. The molecule has 0 bridgehead atoms. The molecule has 0 heterocycles. The normalized spacial score (nSPS) is 15.0. The van der Waals surface area contributed by atoms with Crippen LogP contribution in [0.4, 0.5) is 11.4 Å². The molecule has 1 aromatic rings. The van der Waals surface area contributed by atoms with Crippen molar-refractivity contribution in [2.75, 3.05) is 24.7 Å². The van der Waals surface area contributed by atoms with E-state index >= 15 is 0 Å². The van der Waals surface area contributed by atoms with Crippen LogP contribution in [0.25, 0.3) is 0 Å². The Morgan fingerprint density at radius 1 is 1.07 bits per heavy atom. The average Bonchev–Trinajstić information content (AvgIpc) is 2.18. The Bertz CT molecular complexity index is 342. The molecule has 1 aliphatic carbocycles. The van der Waals surface area contributed by atoms with Crippen LogP contribution in [0.2, 0.25) is 0 Å². The van der Waals surface area contributed by atoms with E-state index in [1.165, 1.54) is 36.1 Å². The minimum Gasteiger partial charge on any atom is -0.398 e. The highest BCUT2D eigenvalue weighted by atomic mass is 15.1. The maximum atomic E-state index is 5.99. The minimum absolute atomic E-state index is 0.977. The second-order valence-electron chi connectivity index (χ2n) is 4.23. The van der Waals surface area contributed by atoms with Crippen LogP contribution >= 0.6 is 0 Å². The molecule has 0 radical (unpaired) electrons. The molecule has 1 aliphatic rings. The van der Waals surface area contributed by atoms with E-state index in [4.69, 9.17) is 5.73 Å². The van der Waals surface area contributed by atoms with Crippen LogP contribution in [-0.2, 0) is 12.8 Å². The van der Waals surface area contributed by atoms with Crippen LogP contribution in [0, 0.1) is 0 Å². The van der Waals surface area contributed by atoms with E-state index in [2.05, 4.69) is 25.1 Å². The molecule has 0 spiro atoms. The van der Waals surface area contributed by atoms with Crippen molar-refractivity contribution in [2.45, 2.75) is 25.7 Å². The van der Waals surface area contributed by atoms with Gasteiger partial charge in [-0.05, 0) is 48.9 Å². The molecule has 76 valence electrons. The van der Waals surface area contributed by atoms with Gasteiger partial charge in [-0.15, -0.1) is 0 Å². The zero-order chi connectivity index (χ0) is 10.1. The Balaban J connectivity index is 2.53. The van der Waals surface area contributed by atoms with Gasteiger partial charge in [0.15, 0.2) is 0 Å². The number of benzene rings is 1. The number of hydrogen-bond donors (Lipinski definition) is 1. The molecule has 0 fully saturated rings. The summed E-state index contributed by atoms with van der Waals surface area (Å²) >= 11 is 0. The van der Waals surface area contributed by atoms with E-state index in [0.717, 1.165) is 12.1 Å². The number of anilines is 2. The van der Waals surface area contributed by atoms with Gasteiger partial charge in [0.2, 0.25) is 0 Å². The molecule has 0 saturated carbocycles. The van der Waals surface area contributed by atoms with Crippen molar-refractivity contribution in [3.63, 3.8) is 0 Å². The summed E-state index contributed by atoms with van der Waals surface area (Å²) in [6.07, 6.45) is 4.93. The number of nitrogens with two attached hydrogens (primary N) is 1. The van der Waals surface area contributed by atoms with Crippen molar-refractivity contribution in [3.8, 4) is 0 Å². The van der Waals surface area contributed by atoms with Crippen LogP contribution in [0.15, 0.2) is 12.1 Å². The lowest BCUT2D eigenvalue weighted by Crippen LogP contribution is -2.15. The van der Waals surface area contributed by atoms with E-state index < -0.39 is 0 Å². The predicted molar refractivity (Wildman–Crippen MR) is 61.8 cm³/mol. The molecule has 0 atom stereocenters. The quantitative estimate of drug-likeness (QED) is 0.688. The lowest BCUT2D eigenvalue weighted by atomic mass is 9.89. The summed E-state index contributed by atoms with van der Waals surface area (Å²) in [5.74, 6) is 0. The summed E-state index contributed by atoms with van der Waals surface area (Å²) in [7, 11) is 4.20. The molecule has 2 N–H and O–H groups in total. The maximum Gasteiger partial charge on any atom is 0.0397 e. The second kappa shape index (κ2) is 3.52. The second-order valence-corrected chi connectivity index (χ2v) is 4.23. The first-order valence-electron chi connectivity index (χ1n) is 5.27. The molecular weight excluding hydrogens is 172 g/mol. The summed E-state index contributed by atoms with van der Waals surface area (Å²) in [6, 6.07) is 4.18. The molecule has 0 aliphatic heterocycles. The lowest BCUT2D eigenvalue weighted by Gasteiger charge is -2.24. The smallest absolute Gasteiger partial charge is 0.0397 e. The topological polar surface area (TPSA) is 29.3 Å². The van der Waals surface area contributed by atoms with Gasteiger partial charge in [-0.1, -0.05) is 0 Å². The Morgan fingerprint density at radius 2 is 1.71 bits per heavy atom. The van der Waals surface area contributed by atoms with Gasteiger partial charge in [0.1, 0.15) is 0 Å². The third-order valence-corrected chi connectivity index (χ3v) is 3.03. The van der Waals surface area contributed by atoms with E-state index in [0.29, 0.717) is 0 Å².